The van der Waals surface area contributed by atoms with Crippen LogP contribution in [0.4, 0.5) is 0 Å². The summed E-state index contributed by atoms with van der Waals surface area (Å²) in [6.07, 6.45) is 3.35. The topological polar surface area (TPSA) is 57.2 Å². The minimum atomic E-state index is -0.263. The number of halogens is 1. The zero-order valence-corrected chi connectivity index (χ0v) is 11.4. The highest BCUT2D eigenvalue weighted by Gasteiger charge is 2.05. The highest BCUT2D eigenvalue weighted by Crippen LogP contribution is 2.12. The Bertz CT molecular complexity index is 559. The van der Waals surface area contributed by atoms with Gasteiger partial charge >= 0.3 is 0 Å². The lowest BCUT2D eigenvalue weighted by atomic mass is 10.3. The molecular formula is C11H10BrN3OS. The van der Waals surface area contributed by atoms with Gasteiger partial charge in [-0.05, 0) is 45.9 Å². The van der Waals surface area contributed by atoms with E-state index in [4.69, 9.17) is 0 Å². The molecule has 0 aliphatic heterocycles. The predicted molar refractivity (Wildman–Crippen MR) is 72.6 cm³/mol. The number of hydrazone groups is 1. The predicted octanol–water partition coefficient (Wildman–Crippen LogP) is 2.91. The van der Waals surface area contributed by atoms with Crippen LogP contribution in [0.25, 0.3) is 0 Å². The van der Waals surface area contributed by atoms with E-state index in [1.54, 1.807) is 29.8 Å². The first-order valence-electron chi connectivity index (χ1n) is 4.88. The average Bonchev–Trinajstić information content (AvgIpc) is 2.88. The fourth-order valence-corrected chi connectivity index (χ4v) is 2.36. The van der Waals surface area contributed by atoms with Gasteiger partial charge in [0, 0.05) is 15.5 Å². The number of aryl methyl sites for hydroxylation is 1. The van der Waals surface area contributed by atoms with E-state index in [0.717, 1.165) is 14.9 Å². The van der Waals surface area contributed by atoms with Crippen LogP contribution in [0.1, 0.15) is 20.9 Å². The molecule has 2 aromatic rings. The quantitative estimate of drug-likeness (QED) is 0.664. The van der Waals surface area contributed by atoms with E-state index in [-0.39, 0.29) is 5.91 Å². The number of amides is 1. The van der Waals surface area contributed by atoms with Crippen LogP contribution in [0.5, 0.6) is 0 Å². The molecule has 6 heteroatoms. The number of hydrogen-bond donors (Lipinski definition) is 2. The summed E-state index contributed by atoms with van der Waals surface area (Å²) >= 11 is 4.85. The summed E-state index contributed by atoms with van der Waals surface area (Å²) in [6.45, 7) is 2.00. The largest absolute Gasteiger partial charge is 0.356 e. The molecule has 0 atom stereocenters. The molecule has 88 valence electrons. The van der Waals surface area contributed by atoms with Crippen molar-refractivity contribution in [1.29, 1.82) is 0 Å². The minimum Gasteiger partial charge on any atom is -0.356 e. The number of thiophene rings is 1. The maximum absolute atomic E-state index is 11.6. The summed E-state index contributed by atoms with van der Waals surface area (Å²) in [5, 5.41) is 5.90. The van der Waals surface area contributed by atoms with Gasteiger partial charge in [-0.1, -0.05) is 0 Å². The Morgan fingerprint density at radius 3 is 3.06 bits per heavy atom. The molecule has 2 aromatic heterocycles. The molecule has 2 N–H and O–H groups in total. The summed E-state index contributed by atoms with van der Waals surface area (Å²) in [7, 11) is 0. The molecule has 2 rings (SSSR count). The third-order valence-corrected chi connectivity index (χ3v) is 3.55. The first-order chi connectivity index (χ1) is 8.16. The summed E-state index contributed by atoms with van der Waals surface area (Å²) < 4.78 is 0.834. The van der Waals surface area contributed by atoms with Crippen molar-refractivity contribution in [3.63, 3.8) is 0 Å². The molecule has 0 saturated carbocycles. The van der Waals surface area contributed by atoms with Crippen LogP contribution in [0.2, 0.25) is 0 Å². The van der Waals surface area contributed by atoms with Crippen molar-refractivity contribution < 1.29 is 4.79 Å². The lowest BCUT2D eigenvalue weighted by molar-refractivity contribution is 0.0951. The number of aromatic nitrogens is 1. The van der Waals surface area contributed by atoms with Gasteiger partial charge in [0.2, 0.25) is 0 Å². The number of nitrogens with zero attached hydrogens (tertiary/aromatic N) is 1. The standard InChI is InChI=1S/C11H10BrN3OS/c1-7-2-3-17-10(7)6-14-15-11(16)9-4-8(12)5-13-9/h2-6,13H,1H3,(H,15,16)/b14-6-. The van der Waals surface area contributed by atoms with E-state index in [2.05, 4.69) is 31.4 Å². The molecular weight excluding hydrogens is 302 g/mol. The van der Waals surface area contributed by atoms with E-state index in [0.29, 0.717) is 5.69 Å². The van der Waals surface area contributed by atoms with E-state index >= 15 is 0 Å². The molecule has 0 aromatic carbocycles. The van der Waals surface area contributed by atoms with Crippen molar-refractivity contribution in [3.8, 4) is 0 Å². The van der Waals surface area contributed by atoms with Gasteiger partial charge in [0.15, 0.2) is 0 Å². The summed E-state index contributed by atoms with van der Waals surface area (Å²) in [4.78, 5) is 15.5. The number of carbonyl (C=O) groups excluding carboxylic acids is 1. The molecule has 0 saturated heterocycles. The third-order valence-electron chi connectivity index (χ3n) is 2.14. The van der Waals surface area contributed by atoms with Gasteiger partial charge in [-0.15, -0.1) is 11.3 Å². The Morgan fingerprint density at radius 2 is 2.47 bits per heavy atom. The van der Waals surface area contributed by atoms with Crippen LogP contribution in [-0.2, 0) is 0 Å². The lowest BCUT2D eigenvalue weighted by Gasteiger charge is -1.95. The SMILES string of the molecule is Cc1ccsc1/C=N\NC(=O)c1cc(Br)c[nH]1. The zero-order chi connectivity index (χ0) is 12.3. The number of nitrogens with one attached hydrogen (secondary N) is 2. The minimum absolute atomic E-state index is 0.263. The van der Waals surface area contributed by atoms with Gasteiger partial charge in [-0.25, -0.2) is 5.43 Å². The number of aromatic amines is 1. The van der Waals surface area contributed by atoms with E-state index in [1.807, 2.05) is 18.4 Å². The summed E-state index contributed by atoms with van der Waals surface area (Å²) in [5.41, 5.74) is 4.08. The van der Waals surface area contributed by atoms with Crippen molar-refractivity contribution in [3.05, 3.63) is 44.3 Å². The Kier molecular flexibility index (Phi) is 3.75. The second-order valence-electron chi connectivity index (χ2n) is 3.40. The van der Waals surface area contributed by atoms with E-state index < -0.39 is 0 Å². The van der Waals surface area contributed by atoms with Crippen LogP contribution < -0.4 is 5.43 Å². The van der Waals surface area contributed by atoms with Crippen molar-refractivity contribution in [2.75, 3.05) is 0 Å². The first-order valence-corrected chi connectivity index (χ1v) is 6.55. The third kappa shape index (κ3) is 3.04. The molecule has 0 aliphatic rings. The molecule has 17 heavy (non-hydrogen) atoms. The Hall–Kier alpha value is -1.40. The van der Waals surface area contributed by atoms with Crippen molar-refractivity contribution in [1.82, 2.24) is 10.4 Å². The molecule has 4 nitrogen and oxygen atoms in total. The maximum atomic E-state index is 11.6. The first kappa shape index (κ1) is 12.1. The molecule has 0 fully saturated rings. The average molecular weight is 312 g/mol. The highest BCUT2D eigenvalue weighted by atomic mass is 79.9. The van der Waals surface area contributed by atoms with Crippen molar-refractivity contribution in [2.45, 2.75) is 6.92 Å². The molecule has 0 radical (unpaired) electrons. The molecule has 0 spiro atoms. The molecule has 2 heterocycles. The van der Waals surface area contributed by atoms with Gasteiger partial charge in [0.1, 0.15) is 5.69 Å². The normalized spacial score (nSPS) is 10.9. The summed E-state index contributed by atoms with van der Waals surface area (Å²) in [6, 6.07) is 3.71. The Morgan fingerprint density at radius 1 is 1.65 bits per heavy atom. The van der Waals surface area contributed by atoms with Gasteiger partial charge in [0.05, 0.1) is 6.21 Å². The molecule has 1 amide bonds. The molecule has 0 aliphatic carbocycles. The second-order valence-corrected chi connectivity index (χ2v) is 5.26. The van der Waals surface area contributed by atoms with Crippen LogP contribution in [0, 0.1) is 6.92 Å². The van der Waals surface area contributed by atoms with E-state index in [1.165, 1.54) is 0 Å². The van der Waals surface area contributed by atoms with Crippen LogP contribution in [0.15, 0.2) is 33.3 Å². The lowest BCUT2D eigenvalue weighted by Crippen LogP contribution is -2.17. The van der Waals surface area contributed by atoms with Gasteiger partial charge in [0.25, 0.3) is 5.91 Å². The van der Waals surface area contributed by atoms with Crippen molar-refractivity contribution >= 4 is 39.4 Å². The smallest absolute Gasteiger partial charge is 0.287 e. The zero-order valence-electron chi connectivity index (χ0n) is 9.03. The fraction of sp³-hybridized carbons (Fsp3) is 0.0909. The van der Waals surface area contributed by atoms with Gasteiger partial charge < -0.3 is 4.98 Å². The molecule has 0 bridgehead atoms. The van der Waals surface area contributed by atoms with Gasteiger partial charge in [-0.3, -0.25) is 4.79 Å². The van der Waals surface area contributed by atoms with Crippen LogP contribution in [-0.4, -0.2) is 17.1 Å². The highest BCUT2D eigenvalue weighted by molar-refractivity contribution is 9.10. The van der Waals surface area contributed by atoms with E-state index in [9.17, 15) is 4.79 Å². The number of H-pyrrole nitrogens is 1. The van der Waals surface area contributed by atoms with Gasteiger partial charge in [-0.2, -0.15) is 5.10 Å². The second kappa shape index (κ2) is 5.29. The maximum Gasteiger partial charge on any atom is 0.287 e. The van der Waals surface area contributed by atoms with Crippen LogP contribution in [0.3, 0.4) is 0 Å². The molecule has 0 unspecified atom stereocenters. The monoisotopic (exact) mass is 311 g/mol. The number of hydrogen-bond acceptors (Lipinski definition) is 3. The number of rotatable bonds is 3. The van der Waals surface area contributed by atoms with Crippen LogP contribution >= 0.6 is 27.3 Å². The summed E-state index contributed by atoms with van der Waals surface area (Å²) in [5.74, 6) is -0.263. The Balaban J connectivity index is 1.97. The Labute approximate surface area is 111 Å². The number of carbonyl (C=O) groups is 1. The fourth-order valence-electron chi connectivity index (χ4n) is 1.23. The van der Waals surface area contributed by atoms with Crippen molar-refractivity contribution in [2.24, 2.45) is 5.10 Å².